The van der Waals surface area contributed by atoms with Gasteiger partial charge in [-0.3, -0.25) is 9.59 Å². The molecule has 3 unspecified atom stereocenters. The number of amides is 4. The fourth-order valence-corrected chi connectivity index (χ4v) is 7.72. The molecule has 2 fully saturated rings. The van der Waals surface area contributed by atoms with E-state index in [9.17, 15) is 24.3 Å². The Morgan fingerprint density at radius 1 is 0.719 bits per heavy atom. The van der Waals surface area contributed by atoms with E-state index in [1.807, 2.05) is 68.4 Å². The number of H-pyrrole nitrogens is 2. The number of carbonyl (C=O) groups excluding carboxylic acids is 3. The number of halogens is 1. The van der Waals surface area contributed by atoms with Gasteiger partial charge in [-0.1, -0.05) is 92.7 Å². The van der Waals surface area contributed by atoms with Crippen LogP contribution < -0.4 is 10.6 Å². The number of alkyl carbamates (subject to hydrolysis) is 1. The van der Waals surface area contributed by atoms with E-state index >= 15 is 0 Å². The molecule has 14 nitrogen and oxygen atoms in total. The highest BCUT2D eigenvalue weighted by Gasteiger charge is 2.38. The quantitative estimate of drug-likeness (QED) is 0.0924. The highest BCUT2D eigenvalue weighted by Crippen LogP contribution is 2.36. The monoisotopic (exact) mass is 794 g/mol. The molecule has 2 saturated heterocycles. The molecule has 2 aromatic heterocycles. The summed E-state index contributed by atoms with van der Waals surface area (Å²) in [6.07, 6.45) is 4.79. The highest BCUT2D eigenvalue weighted by atomic mass is 35.5. The first-order valence-corrected chi connectivity index (χ1v) is 18.9. The number of hydrogen-bond donors (Lipinski definition) is 5. The van der Waals surface area contributed by atoms with E-state index in [0.717, 1.165) is 59.3 Å². The second-order valence-electron chi connectivity index (χ2n) is 14.5. The summed E-state index contributed by atoms with van der Waals surface area (Å²) >= 11 is 0. The predicted octanol–water partition coefficient (Wildman–Crippen LogP) is 7.27. The van der Waals surface area contributed by atoms with Crippen molar-refractivity contribution in [3.8, 4) is 33.6 Å². The van der Waals surface area contributed by atoms with Crippen LogP contribution in [0.2, 0.25) is 0 Å². The van der Waals surface area contributed by atoms with Crippen LogP contribution in [0.15, 0.2) is 91.3 Å². The maximum Gasteiger partial charge on any atom is 0.407 e. The fraction of sp³-hybridized carbons (Fsp3) is 0.333. The number of hydrogen-bond acceptors (Lipinski definition) is 7. The van der Waals surface area contributed by atoms with Gasteiger partial charge in [-0.2, -0.15) is 0 Å². The van der Waals surface area contributed by atoms with Crippen molar-refractivity contribution < 1.29 is 29.0 Å². The minimum Gasteiger partial charge on any atom is -0.465 e. The maximum atomic E-state index is 13.9. The zero-order chi connectivity index (χ0) is 39.3. The zero-order valence-corrected chi connectivity index (χ0v) is 32.8. The van der Waals surface area contributed by atoms with Gasteiger partial charge in [0.2, 0.25) is 5.91 Å². The number of aromatic nitrogens is 4. The first kappa shape index (κ1) is 40.5. The van der Waals surface area contributed by atoms with Crippen LogP contribution in [0.5, 0.6) is 0 Å². The van der Waals surface area contributed by atoms with Gasteiger partial charge in [0.25, 0.3) is 5.91 Å². The number of aromatic amines is 2. The second kappa shape index (κ2) is 17.8. The van der Waals surface area contributed by atoms with Crippen molar-refractivity contribution in [2.24, 2.45) is 5.92 Å². The van der Waals surface area contributed by atoms with Crippen molar-refractivity contribution in [2.75, 3.05) is 20.2 Å². The average molecular weight is 795 g/mol. The molecule has 2 aliphatic rings. The molecule has 298 valence electrons. The van der Waals surface area contributed by atoms with Crippen molar-refractivity contribution in [1.82, 2.24) is 40.4 Å². The van der Waals surface area contributed by atoms with Crippen molar-refractivity contribution in [3.63, 3.8) is 0 Å². The van der Waals surface area contributed by atoms with Crippen LogP contribution in [0, 0.1) is 5.92 Å². The van der Waals surface area contributed by atoms with Crippen LogP contribution in [0.25, 0.3) is 33.6 Å². The molecule has 15 heteroatoms. The lowest BCUT2D eigenvalue weighted by Crippen LogP contribution is -2.50. The summed E-state index contributed by atoms with van der Waals surface area (Å²) in [5.74, 6) is 0.738. The minimum absolute atomic E-state index is 0. The normalized spacial score (nSPS) is 17.5. The summed E-state index contributed by atoms with van der Waals surface area (Å²) in [7, 11) is 1.28. The summed E-state index contributed by atoms with van der Waals surface area (Å²) in [6.45, 7) is 4.76. The van der Waals surface area contributed by atoms with E-state index in [0.29, 0.717) is 30.3 Å². The van der Waals surface area contributed by atoms with Gasteiger partial charge < -0.3 is 40.2 Å². The molecule has 4 amide bonds. The van der Waals surface area contributed by atoms with Crippen molar-refractivity contribution >= 4 is 36.4 Å². The van der Waals surface area contributed by atoms with Crippen LogP contribution in [0.1, 0.15) is 74.9 Å². The van der Waals surface area contributed by atoms with Crippen LogP contribution >= 0.6 is 12.4 Å². The SMILES string of the molecule is COC(=O)NC(C(=O)N1CCCC1c1ncc(-c2ccc(-c3ccc(-c4cnc(C5CCCN5C(=O)[C@@H](NC(=O)O)C(C)C)[nH]4)cc3)cc2)[nH]1)c1ccccc1.Cl. The first-order valence-electron chi connectivity index (χ1n) is 18.9. The molecule has 0 saturated carbocycles. The molecule has 0 bridgehead atoms. The zero-order valence-electron chi connectivity index (χ0n) is 32.0. The second-order valence-corrected chi connectivity index (χ2v) is 14.5. The van der Waals surface area contributed by atoms with Crippen molar-refractivity contribution in [3.05, 3.63) is 108 Å². The summed E-state index contributed by atoms with van der Waals surface area (Å²) in [5, 5.41) is 14.4. The molecule has 3 aromatic carbocycles. The van der Waals surface area contributed by atoms with Gasteiger partial charge >= 0.3 is 12.2 Å². The van der Waals surface area contributed by atoms with Gasteiger partial charge in [-0.05, 0) is 59.4 Å². The van der Waals surface area contributed by atoms with Gasteiger partial charge in [-0.15, -0.1) is 12.4 Å². The number of carbonyl (C=O) groups is 4. The number of nitrogens with zero attached hydrogens (tertiary/aromatic N) is 4. The molecular formula is C42H47ClN8O6. The third-order valence-electron chi connectivity index (χ3n) is 10.7. The number of carboxylic acid groups (broad SMARTS) is 1. The maximum absolute atomic E-state index is 13.9. The Morgan fingerprint density at radius 3 is 1.65 bits per heavy atom. The van der Waals surface area contributed by atoms with Crippen LogP contribution in [0.3, 0.4) is 0 Å². The molecule has 0 radical (unpaired) electrons. The third kappa shape index (κ3) is 8.81. The molecule has 0 spiro atoms. The number of ether oxygens (including phenoxy) is 1. The standard InChI is InChI=1S/C42H46N8O6.ClH/c1-25(2)35(47-41(53)54)39(51)49-21-7-11-33(49)37-43-23-31(45-37)28-17-13-26(14-18-28)27-15-19-29(20-16-27)32-24-44-38(46-32)34-12-8-22-50(34)40(52)36(48-42(55)56-3)30-9-5-4-6-10-30;/h4-6,9-10,13-20,23-25,33-36,47H,7-8,11-12,21-22H2,1-3H3,(H,43,45)(H,44,46)(H,48,55)(H,53,54);1H/t33?,34?,35-,36?;/m0./s1. The lowest BCUT2D eigenvalue weighted by atomic mass is 10.0. The number of nitrogens with one attached hydrogen (secondary N) is 4. The summed E-state index contributed by atoms with van der Waals surface area (Å²) < 4.78 is 4.82. The molecule has 57 heavy (non-hydrogen) atoms. The number of likely N-dealkylation sites (tertiary alicyclic amines) is 2. The van der Waals surface area contributed by atoms with E-state index in [4.69, 9.17) is 4.74 Å². The number of imidazole rings is 2. The topological polar surface area (TPSA) is 186 Å². The van der Waals surface area contributed by atoms with E-state index in [2.05, 4.69) is 54.8 Å². The lowest BCUT2D eigenvalue weighted by molar-refractivity contribution is -0.135. The fourth-order valence-electron chi connectivity index (χ4n) is 7.72. The molecule has 0 aliphatic carbocycles. The lowest BCUT2D eigenvalue weighted by Gasteiger charge is -2.29. The summed E-state index contributed by atoms with van der Waals surface area (Å²) in [5.41, 5.74) is 6.33. The Bertz CT molecular complexity index is 2170. The smallest absolute Gasteiger partial charge is 0.407 e. The van der Waals surface area contributed by atoms with Crippen LogP contribution in [-0.2, 0) is 14.3 Å². The molecule has 4 atom stereocenters. The Balaban J connectivity index is 0.00000549. The third-order valence-corrected chi connectivity index (χ3v) is 10.7. The van der Waals surface area contributed by atoms with E-state index in [1.54, 1.807) is 22.2 Å². The predicted molar refractivity (Wildman–Crippen MR) is 216 cm³/mol. The molecule has 5 aromatic rings. The molecule has 7 rings (SSSR count). The number of benzene rings is 3. The minimum atomic E-state index is -1.21. The van der Waals surface area contributed by atoms with Gasteiger partial charge in [0, 0.05) is 13.1 Å². The number of rotatable bonds is 11. The van der Waals surface area contributed by atoms with Crippen molar-refractivity contribution in [2.45, 2.75) is 63.7 Å². The van der Waals surface area contributed by atoms with Crippen LogP contribution in [0.4, 0.5) is 9.59 Å². The Hall–Kier alpha value is -6.15. The largest absolute Gasteiger partial charge is 0.465 e. The van der Waals surface area contributed by atoms with Gasteiger partial charge in [0.05, 0.1) is 43.0 Å². The van der Waals surface area contributed by atoms with Crippen molar-refractivity contribution in [1.29, 1.82) is 0 Å². The van der Waals surface area contributed by atoms with E-state index in [-0.39, 0.29) is 42.2 Å². The van der Waals surface area contributed by atoms with Gasteiger partial charge in [0.15, 0.2) is 0 Å². The molecule has 2 aliphatic heterocycles. The van der Waals surface area contributed by atoms with Gasteiger partial charge in [0.1, 0.15) is 23.7 Å². The van der Waals surface area contributed by atoms with Gasteiger partial charge in [-0.25, -0.2) is 19.6 Å². The Labute approximate surface area is 336 Å². The molecule has 4 heterocycles. The Kier molecular flexibility index (Phi) is 12.6. The van der Waals surface area contributed by atoms with E-state index < -0.39 is 24.3 Å². The Morgan fingerprint density at radius 2 is 1.19 bits per heavy atom. The number of methoxy groups -OCH3 is 1. The van der Waals surface area contributed by atoms with Crippen LogP contribution in [-0.4, -0.2) is 85.1 Å². The molecular weight excluding hydrogens is 748 g/mol. The van der Waals surface area contributed by atoms with E-state index in [1.165, 1.54) is 7.11 Å². The molecule has 5 N–H and O–H groups in total. The highest BCUT2D eigenvalue weighted by molar-refractivity contribution is 5.88. The summed E-state index contributed by atoms with van der Waals surface area (Å²) in [4.78, 5) is 70.5. The first-order chi connectivity index (χ1) is 27.1. The average Bonchev–Trinajstić information content (AvgIpc) is 4.06. The summed E-state index contributed by atoms with van der Waals surface area (Å²) in [6, 6.07) is 23.3.